The molecule has 0 aliphatic carbocycles. The molecule has 0 saturated carbocycles. The number of hydrogen-bond donors (Lipinski definition) is 2. The quantitative estimate of drug-likeness (QED) is 0.432. The zero-order valence-electron chi connectivity index (χ0n) is 16.1. The summed E-state index contributed by atoms with van der Waals surface area (Å²) < 4.78 is 2.75. The second-order valence-corrected chi connectivity index (χ2v) is 7.85. The summed E-state index contributed by atoms with van der Waals surface area (Å²) >= 11 is 3.46. The lowest BCUT2D eigenvalue weighted by atomic mass is 10.2. The minimum Gasteiger partial charge on any atom is -0.311 e. The molecule has 0 spiro atoms. The Morgan fingerprint density at radius 1 is 1.13 bits per heavy atom. The van der Waals surface area contributed by atoms with Crippen LogP contribution in [0.25, 0.3) is 10.9 Å². The van der Waals surface area contributed by atoms with Gasteiger partial charge in [-0.05, 0) is 36.2 Å². The van der Waals surface area contributed by atoms with Gasteiger partial charge in [-0.15, -0.1) is 0 Å². The van der Waals surface area contributed by atoms with Gasteiger partial charge in [-0.25, -0.2) is 9.67 Å². The van der Waals surface area contributed by atoms with Gasteiger partial charge in [0.05, 0.1) is 23.6 Å². The summed E-state index contributed by atoms with van der Waals surface area (Å²) in [6.45, 7) is 0.560. The van der Waals surface area contributed by atoms with Gasteiger partial charge >= 0.3 is 0 Å². The average molecular weight is 466 g/mol. The Hall–Kier alpha value is -3.26. The van der Waals surface area contributed by atoms with Crippen molar-refractivity contribution in [1.82, 2.24) is 19.7 Å². The molecule has 4 aromatic rings. The fourth-order valence-electron chi connectivity index (χ4n) is 3.25. The standard InChI is InChI=1S/C22H20BrN5O2/c23-16-6-3-5-15(13-16)14-28-20(11-12-24-28)27-21(29)10-4-9-19-25-18-8-2-1-7-17(18)22(30)26-19/h1-3,5-8,11-13H,4,9-10,14H2,(H,27,29)(H,25,26,30). The van der Waals surface area contributed by atoms with Crippen LogP contribution in [0.15, 0.2) is 70.1 Å². The van der Waals surface area contributed by atoms with Crippen molar-refractivity contribution in [3.63, 3.8) is 0 Å². The smallest absolute Gasteiger partial charge is 0.258 e. The van der Waals surface area contributed by atoms with Crippen molar-refractivity contribution in [3.8, 4) is 0 Å². The Labute approximate surface area is 181 Å². The minimum atomic E-state index is -0.156. The number of nitrogens with one attached hydrogen (secondary N) is 2. The summed E-state index contributed by atoms with van der Waals surface area (Å²) in [7, 11) is 0. The first-order valence-electron chi connectivity index (χ1n) is 9.62. The molecule has 152 valence electrons. The molecule has 2 heterocycles. The van der Waals surface area contributed by atoms with E-state index in [1.165, 1.54) is 0 Å². The van der Waals surface area contributed by atoms with Gasteiger partial charge in [0.1, 0.15) is 11.6 Å². The molecule has 0 aliphatic heterocycles. The van der Waals surface area contributed by atoms with Gasteiger partial charge in [-0.2, -0.15) is 5.10 Å². The molecule has 2 N–H and O–H groups in total. The van der Waals surface area contributed by atoms with Crippen LogP contribution in [-0.4, -0.2) is 25.7 Å². The van der Waals surface area contributed by atoms with Gasteiger partial charge in [0.2, 0.25) is 5.91 Å². The van der Waals surface area contributed by atoms with Crippen molar-refractivity contribution in [3.05, 3.63) is 87.0 Å². The number of benzene rings is 2. The lowest BCUT2D eigenvalue weighted by molar-refractivity contribution is -0.116. The van der Waals surface area contributed by atoms with Gasteiger partial charge in [-0.1, -0.05) is 40.2 Å². The summed E-state index contributed by atoms with van der Waals surface area (Å²) in [5, 5.41) is 7.78. The minimum absolute atomic E-state index is 0.103. The molecule has 0 fully saturated rings. The number of carbonyl (C=O) groups is 1. The fraction of sp³-hybridized carbons (Fsp3) is 0.182. The highest BCUT2D eigenvalue weighted by molar-refractivity contribution is 9.10. The van der Waals surface area contributed by atoms with Crippen molar-refractivity contribution in [2.24, 2.45) is 0 Å². The average Bonchev–Trinajstić information content (AvgIpc) is 3.14. The molecule has 0 unspecified atom stereocenters. The predicted molar refractivity (Wildman–Crippen MR) is 119 cm³/mol. The van der Waals surface area contributed by atoms with E-state index in [9.17, 15) is 9.59 Å². The van der Waals surface area contributed by atoms with Crippen LogP contribution in [0.1, 0.15) is 24.2 Å². The third-order valence-electron chi connectivity index (χ3n) is 4.68. The molecule has 8 heteroatoms. The summed E-state index contributed by atoms with van der Waals surface area (Å²) in [5.74, 6) is 1.14. The van der Waals surface area contributed by atoms with E-state index in [1.54, 1.807) is 23.0 Å². The lowest BCUT2D eigenvalue weighted by Crippen LogP contribution is -2.17. The zero-order valence-corrected chi connectivity index (χ0v) is 17.7. The van der Waals surface area contributed by atoms with Crippen LogP contribution < -0.4 is 10.9 Å². The number of halogens is 1. The number of anilines is 1. The monoisotopic (exact) mass is 465 g/mol. The van der Waals surface area contributed by atoms with E-state index in [2.05, 4.69) is 36.3 Å². The molecule has 0 radical (unpaired) electrons. The zero-order chi connectivity index (χ0) is 20.9. The summed E-state index contributed by atoms with van der Waals surface area (Å²) in [6, 6.07) is 17.0. The van der Waals surface area contributed by atoms with Crippen LogP contribution in [0, 0.1) is 0 Å². The number of hydrogen-bond acceptors (Lipinski definition) is 4. The van der Waals surface area contributed by atoms with Gasteiger partial charge < -0.3 is 10.3 Å². The molecular formula is C22H20BrN5O2. The molecule has 7 nitrogen and oxygen atoms in total. The van der Waals surface area contributed by atoms with Crippen LogP contribution in [0.3, 0.4) is 0 Å². The van der Waals surface area contributed by atoms with Crippen molar-refractivity contribution >= 4 is 38.6 Å². The molecule has 1 amide bonds. The number of aromatic amines is 1. The highest BCUT2D eigenvalue weighted by Crippen LogP contribution is 2.15. The number of aryl methyl sites for hydroxylation is 1. The number of aromatic nitrogens is 4. The largest absolute Gasteiger partial charge is 0.311 e. The number of amides is 1. The number of nitrogens with zero attached hydrogens (tertiary/aromatic N) is 3. The maximum atomic E-state index is 12.4. The molecule has 0 aliphatic rings. The van der Waals surface area contributed by atoms with Crippen LogP contribution in [0.4, 0.5) is 5.82 Å². The normalized spacial score (nSPS) is 11.0. The number of rotatable bonds is 7. The number of fused-ring (bicyclic) bond motifs is 1. The fourth-order valence-corrected chi connectivity index (χ4v) is 3.69. The second kappa shape index (κ2) is 9.04. The first-order chi connectivity index (χ1) is 14.6. The predicted octanol–water partition coefficient (Wildman–Crippen LogP) is 3.89. The van der Waals surface area contributed by atoms with E-state index in [-0.39, 0.29) is 11.5 Å². The topological polar surface area (TPSA) is 92.7 Å². The van der Waals surface area contributed by atoms with E-state index < -0.39 is 0 Å². The molecule has 0 saturated heterocycles. The molecule has 0 atom stereocenters. The second-order valence-electron chi connectivity index (χ2n) is 6.94. The molecule has 4 rings (SSSR count). The van der Waals surface area contributed by atoms with Gasteiger partial charge in [0, 0.05) is 23.4 Å². The SMILES string of the molecule is O=C(CCCc1nc2ccccc2c(=O)[nH]1)Nc1ccnn1Cc1cccc(Br)c1. The molecule has 30 heavy (non-hydrogen) atoms. The highest BCUT2D eigenvalue weighted by Gasteiger charge is 2.09. The molecule has 0 bridgehead atoms. The Kier molecular flexibility index (Phi) is 6.04. The Morgan fingerprint density at radius 2 is 2.00 bits per heavy atom. The Bertz CT molecular complexity index is 1250. The number of carbonyl (C=O) groups excluding carboxylic acids is 1. The van der Waals surface area contributed by atoms with E-state index in [0.717, 1.165) is 10.0 Å². The highest BCUT2D eigenvalue weighted by atomic mass is 79.9. The summed E-state index contributed by atoms with van der Waals surface area (Å²) in [6.07, 6.45) is 3.08. The Balaban J connectivity index is 1.34. The number of para-hydroxylation sites is 1. The molecular weight excluding hydrogens is 446 g/mol. The van der Waals surface area contributed by atoms with Crippen molar-refractivity contribution in [2.45, 2.75) is 25.8 Å². The third kappa shape index (κ3) is 4.83. The van der Waals surface area contributed by atoms with Gasteiger partial charge in [-0.3, -0.25) is 9.59 Å². The van der Waals surface area contributed by atoms with Crippen molar-refractivity contribution in [2.75, 3.05) is 5.32 Å². The first kappa shape index (κ1) is 20.0. The van der Waals surface area contributed by atoms with Crippen LogP contribution in [0.2, 0.25) is 0 Å². The molecule has 2 aromatic heterocycles. The third-order valence-corrected chi connectivity index (χ3v) is 5.18. The molecule has 2 aromatic carbocycles. The van der Waals surface area contributed by atoms with Crippen molar-refractivity contribution in [1.29, 1.82) is 0 Å². The van der Waals surface area contributed by atoms with Crippen LogP contribution >= 0.6 is 15.9 Å². The van der Waals surface area contributed by atoms with Gasteiger partial charge in [0.15, 0.2) is 0 Å². The maximum absolute atomic E-state index is 12.4. The Morgan fingerprint density at radius 3 is 2.87 bits per heavy atom. The summed E-state index contributed by atoms with van der Waals surface area (Å²) in [4.78, 5) is 31.8. The van der Waals surface area contributed by atoms with E-state index in [0.29, 0.717) is 48.4 Å². The van der Waals surface area contributed by atoms with E-state index >= 15 is 0 Å². The first-order valence-corrected chi connectivity index (χ1v) is 10.4. The van der Waals surface area contributed by atoms with E-state index in [1.807, 2.05) is 42.5 Å². The van der Waals surface area contributed by atoms with Crippen LogP contribution in [-0.2, 0) is 17.8 Å². The van der Waals surface area contributed by atoms with Crippen molar-refractivity contribution < 1.29 is 4.79 Å². The maximum Gasteiger partial charge on any atom is 0.258 e. The number of H-pyrrole nitrogens is 1. The summed E-state index contributed by atoms with van der Waals surface area (Å²) in [5.41, 5.74) is 1.59. The van der Waals surface area contributed by atoms with Crippen LogP contribution in [0.5, 0.6) is 0 Å². The lowest BCUT2D eigenvalue weighted by Gasteiger charge is -2.09. The van der Waals surface area contributed by atoms with E-state index in [4.69, 9.17) is 0 Å². The van der Waals surface area contributed by atoms with Gasteiger partial charge in [0.25, 0.3) is 5.56 Å².